The predicted octanol–water partition coefficient (Wildman–Crippen LogP) is 5.98. The van der Waals surface area contributed by atoms with Gasteiger partial charge in [-0.2, -0.15) is 0 Å². The molecule has 0 aromatic carbocycles. The Hall–Kier alpha value is 1.04. The van der Waals surface area contributed by atoms with Gasteiger partial charge in [0.05, 0.1) is 32.3 Å². The van der Waals surface area contributed by atoms with E-state index in [1.165, 1.54) is 0 Å². The quantitative estimate of drug-likeness (QED) is 0.423. The SMILES string of the molecule is C[Si](C)(C)C(=PC([Si](C)(C)C)[Si](C)(C)C)[Si](C)(C)C. The summed E-state index contributed by atoms with van der Waals surface area (Å²) in [6.07, 6.45) is 0. The van der Waals surface area contributed by atoms with Crippen LogP contribution in [-0.4, -0.2) is 41.7 Å². The summed E-state index contributed by atoms with van der Waals surface area (Å²) in [5, 5.41) is 0. The molecule has 0 aromatic heterocycles. The number of hydrogen-bond acceptors (Lipinski definition) is 0. The predicted molar refractivity (Wildman–Crippen MR) is 109 cm³/mol. The lowest BCUT2D eigenvalue weighted by Gasteiger charge is -2.40. The molecule has 0 aliphatic carbocycles. The molecule has 0 saturated carbocycles. The molecule has 0 heterocycles. The van der Waals surface area contributed by atoms with Crippen LogP contribution in [0.4, 0.5) is 0 Å². The summed E-state index contributed by atoms with van der Waals surface area (Å²) in [6, 6.07) is 0. The zero-order valence-electron chi connectivity index (χ0n) is 15.5. The fourth-order valence-corrected chi connectivity index (χ4v) is 32.3. The molecule has 0 aromatic rings. The highest BCUT2D eigenvalue weighted by Crippen LogP contribution is 2.34. The molecule has 0 saturated heterocycles. The van der Waals surface area contributed by atoms with Gasteiger partial charge in [-0.1, -0.05) is 83.1 Å². The molecule has 0 amide bonds. The van der Waals surface area contributed by atoms with Crippen molar-refractivity contribution >= 4 is 45.0 Å². The van der Waals surface area contributed by atoms with Crippen LogP contribution in [0.25, 0.3) is 0 Å². The highest BCUT2D eigenvalue weighted by atomic mass is 31.1. The van der Waals surface area contributed by atoms with Crippen LogP contribution in [0.15, 0.2) is 0 Å². The molecule has 0 aliphatic rings. The summed E-state index contributed by atoms with van der Waals surface area (Å²) in [4.78, 5) is 1.02. The van der Waals surface area contributed by atoms with Crippen molar-refractivity contribution in [3.8, 4) is 0 Å². The minimum atomic E-state index is -1.13. The van der Waals surface area contributed by atoms with E-state index in [1.807, 2.05) is 4.54 Å². The maximum Gasteiger partial charge on any atom is 0.0730 e. The van der Waals surface area contributed by atoms with Gasteiger partial charge in [-0.25, -0.2) is 0 Å². The van der Waals surface area contributed by atoms with Gasteiger partial charge in [0, 0.05) is 0 Å². The molecule has 0 spiro atoms. The van der Waals surface area contributed by atoms with Crippen LogP contribution in [0, 0.1) is 0 Å². The molecule has 0 radical (unpaired) electrons. The van der Waals surface area contributed by atoms with E-state index in [4.69, 9.17) is 0 Å². The molecule has 0 fully saturated rings. The summed E-state index contributed by atoms with van der Waals surface area (Å²) < 4.78 is 2.02. The zero-order chi connectivity index (χ0) is 15.9. The molecule has 19 heavy (non-hydrogen) atoms. The van der Waals surface area contributed by atoms with Crippen LogP contribution in [0.5, 0.6) is 0 Å². The van der Waals surface area contributed by atoms with E-state index >= 15 is 0 Å². The second kappa shape index (κ2) is 6.03. The van der Waals surface area contributed by atoms with Gasteiger partial charge < -0.3 is 0 Å². The first-order valence-corrected chi connectivity index (χ1v) is 22.7. The minimum absolute atomic E-state index is 1.02. The second-order valence-corrected chi connectivity index (χ2v) is 34.8. The molecule has 0 aliphatic heterocycles. The smallest absolute Gasteiger partial charge is 0.0730 e. The average Bonchev–Trinajstić information content (AvgIpc) is 1.91. The van der Waals surface area contributed by atoms with Gasteiger partial charge in [-0.05, 0) is 4.91 Å². The van der Waals surface area contributed by atoms with Crippen LogP contribution < -0.4 is 0 Å². The molecule has 0 unspecified atom stereocenters. The van der Waals surface area contributed by atoms with Crippen molar-refractivity contribution in [3.63, 3.8) is 0 Å². The molecule has 0 N–H and O–H groups in total. The van der Waals surface area contributed by atoms with Crippen molar-refractivity contribution in [1.82, 2.24) is 0 Å². The van der Waals surface area contributed by atoms with Gasteiger partial charge in [-0.15, -0.1) is 8.20 Å². The third-order valence-electron chi connectivity index (χ3n) is 3.32. The van der Waals surface area contributed by atoms with E-state index in [2.05, 4.69) is 78.6 Å². The minimum Gasteiger partial charge on any atom is -0.117 e. The standard InChI is InChI=1S/C14H37PSi4/c1-16(2,3)13(17(4,5)6)15-14(18(7,8)9)19(10,11)12/h13H,1-12H3. The van der Waals surface area contributed by atoms with Gasteiger partial charge in [0.2, 0.25) is 0 Å². The number of hydrogen-bond donors (Lipinski definition) is 0. The van der Waals surface area contributed by atoms with Crippen molar-refractivity contribution in [2.45, 2.75) is 83.5 Å². The van der Waals surface area contributed by atoms with Crippen molar-refractivity contribution in [2.24, 2.45) is 0 Å². The average molecular weight is 349 g/mol. The first-order valence-electron chi connectivity index (χ1n) is 7.56. The Bertz CT molecular complexity index is 304. The van der Waals surface area contributed by atoms with E-state index in [-0.39, 0.29) is 0 Å². The second-order valence-electron chi connectivity index (χ2n) is 10.1. The Morgan fingerprint density at radius 2 is 0.842 bits per heavy atom. The summed E-state index contributed by atoms with van der Waals surface area (Å²) >= 11 is 0. The monoisotopic (exact) mass is 348 g/mol. The van der Waals surface area contributed by atoms with E-state index in [0.29, 0.717) is 0 Å². The van der Waals surface area contributed by atoms with E-state index < -0.39 is 32.3 Å². The fourth-order valence-electron chi connectivity index (χ4n) is 3.33. The maximum absolute atomic E-state index is 2.59. The Morgan fingerprint density at radius 1 is 0.579 bits per heavy atom. The summed E-state index contributed by atoms with van der Waals surface area (Å²) in [5.41, 5.74) is 0. The lowest BCUT2D eigenvalue weighted by atomic mass is 11.7. The Morgan fingerprint density at radius 3 is 1.00 bits per heavy atom. The summed E-state index contributed by atoms with van der Waals surface area (Å²) in [7, 11) is -2.62. The van der Waals surface area contributed by atoms with Gasteiger partial charge in [0.25, 0.3) is 0 Å². The van der Waals surface area contributed by atoms with Crippen molar-refractivity contribution < 1.29 is 0 Å². The van der Waals surface area contributed by atoms with Crippen LogP contribution in [-0.2, 0) is 0 Å². The fraction of sp³-hybridized carbons (Fsp3) is 0.929. The molecule has 5 heteroatoms. The van der Waals surface area contributed by atoms with E-state index in [9.17, 15) is 0 Å². The molecular weight excluding hydrogens is 311 g/mol. The maximum atomic E-state index is 2.59. The molecule has 0 bridgehead atoms. The van der Waals surface area contributed by atoms with E-state index in [1.54, 1.807) is 8.20 Å². The lowest BCUT2D eigenvalue weighted by molar-refractivity contribution is 1.47. The van der Waals surface area contributed by atoms with Crippen LogP contribution in [0.2, 0.25) is 78.6 Å². The Kier molecular flexibility index (Phi) is 6.36. The zero-order valence-corrected chi connectivity index (χ0v) is 20.4. The highest BCUT2D eigenvalue weighted by molar-refractivity contribution is 7.67. The van der Waals surface area contributed by atoms with Gasteiger partial charge >= 0.3 is 0 Å². The first-order chi connectivity index (χ1) is 7.97. The normalized spacial score (nSPS) is 15.2. The molecular formula is C14H37PSi4. The largest absolute Gasteiger partial charge is 0.117 e. The van der Waals surface area contributed by atoms with Crippen LogP contribution >= 0.6 is 8.20 Å². The third-order valence-corrected chi connectivity index (χ3v) is 29.9. The Balaban J connectivity index is 5.91. The Labute approximate surface area is 128 Å². The van der Waals surface area contributed by atoms with E-state index in [0.717, 1.165) is 4.91 Å². The molecule has 0 rings (SSSR count). The molecule has 114 valence electrons. The summed E-state index contributed by atoms with van der Waals surface area (Å²) in [6.45, 7) is 31.0. The van der Waals surface area contributed by atoms with Crippen LogP contribution in [0.3, 0.4) is 0 Å². The molecule has 0 nitrogen and oxygen atoms in total. The van der Waals surface area contributed by atoms with Crippen molar-refractivity contribution in [2.75, 3.05) is 0 Å². The van der Waals surface area contributed by atoms with Crippen molar-refractivity contribution in [1.29, 1.82) is 0 Å². The lowest BCUT2D eigenvalue weighted by Crippen LogP contribution is -2.54. The van der Waals surface area contributed by atoms with Gasteiger partial charge in [0.15, 0.2) is 0 Å². The van der Waals surface area contributed by atoms with Gasteiger partial charge in [-0.3, -0.25) is 0 Å². The van der Waals surface area contributed by atoms with Crippen LogP contribution in [0.1, 0.15) is 0 Å². The van der Waals surface area contributed by atoms with Gasteiger partial charge in [0.1, 0.15) is 0 Å². The third kappa shape index (κ3) is 6.55. The highest BCUT2D eigenvalue weighted by Gasteiger charge is 2.40. The molecule has 0 atom stereocenters. The van der Waals surface area contributed by atoms with Crippen molar-refractivity contribution in [3.05, 3.63) is 0 Å². The topological polar surface area (TPSA) is 0 Å². The first kappa shape index (κ1) is 20.0. The summed E-state index contributed by atoms with van der Waals surface area (Å²) in [5.74, 6) is 0. The number of rotatable bonds is 5.